The Morgan fingerprint density at radius 3 is 2.52 bits per heavy atom. The molecule has 40 heavy (non-hydrogen) atoms. The molecular weight excluding hydrogens is 516 g/mol. The van der Waals surface area contributed by atoms with E-state index in [0.29, 0.717) is 31.4 Å². The van der Waals surface area contributed by atoms with Crippen LogP contribution in [0.1, 0.15) is 46.4 Å². The molecule has 1 aliphatic carbocycles. The number of carboxylic acid groups (broad SMARTS) is 1. The Labute approximate surface area is 231 Å². The molecule has 210 valence electrons. The molecule has 1 saturated heterocycles. The Bertz CT molecular complexity index is 1330. The number of nitro groups is 1. The van der Waals surface area contributed by atoms with E-state index in [9.17, 15) is 29.6 Å². The first-order valence-electron chi connectivity index (χ1n) is 13.2. The van der Waals surface area contributed by atoms with Crippen LogP contribution in [0.2, 0.25) is 0 Å². The Morgan fingerprint density at radius 2 is 1.93 bits per heavy atom. The van der Waals surface area contributed by atoms with E-state index < -0.39 is 22.2 Å². The number of likely N-dealkylation sites (tertiary alicyclic amines) is 1. The number of benzene rings is 1. The van der Waals surface area contributed by atoms with Gasteiger partial charge in [-0.1, -0.05) is 24.3 Å². The normalized spacial score (nSPS) is 18.2. The predicted octanol–water partition coefficient (Wildman–Crippen LogP) is 3.86. The monoisotopic (exact) mass is 548 g/mol. The zero-order valence-corrected chi connectivity index (χ0v) is 22.2. The maximum Gasteiger partial charge on any atom is 0.337 e. The van der Waals surface area contributed by atoms with Gasteiger partial charge in [-0.25, -0.2) is 4.79 Å². The Morgan fingerprint density at radius 1 is 1.20 bits per heavy atom. The number of nitrogens with zero attached hydrogens (tertiary/aromatic N) is 3. The minimum atomic E-state index is -1.22. The molecule has 2 heterocycles. The van der Waals surface area contributed by atoms with Gasteiger partial charge < -0.3 is 20.1 Å². The molecule has 11 nitrogen and oxygen atoms in total. The fourth-order valence-corrected chi connectivity index (χ4v) is 5.42. The highest BCUT2D eigenvalue weighted by Gasteiger charge is 2.47. The van der Waals surface area contributed by atoms with Gasteiger partial charge in [-0.15, -0.1) is 0 Å². The number of nitrogens with one attached hydrogen (secondary N) is 1. The molecule has 1 aromatic heterocycles. The van der Waals surface area contributed by atoms with E-state index in [2.05, 4.69) is 27.4 Å². The van der Waals surface area contributed by atoms with Crippen LogP contribution in [0.5, 0.6) is 0 Å². The van der Waals surface area contributed by atoms with E-state index in [1.165, 1.54) is 37.4 Å². The van der Waals surface area contributed by atoms with Gasteiger partial charge in [0.1, 0.15) is 0 Å². The third-order valence-electron chi connectivity index (χ3n) is 7.70. The summed E-state index contributed by atoms with van der Waals surface area (Å²) in [7, 11) is 1.44. The van der Waals surface area contributed by atoms with Crippen molar-refractivity contribution in [3.05, 3.63) is 82.1 Å². The summed E-state index contributed by atoms with van der Waals surface area (Å²) in [4.78, 5) is 54.3. The van der Waals surface area contributed by atoms with Crippen molar-refractivity contribution in [1.29, 1.82) is 0 Å². The largest absolute Gasteiger partial charge is 0.478 e. The number of methoxy groups -OCH3 is 1. The average molecular weight is 549 g/mol. The minimum Gasteiger partial charge on any atom is -0.478 e. The summed E-state index contributed by atoms with van der Waals surface area (Å²) in [6.45, 7) is 2.56. The fourth-order valence-electron chi connectivity index (χ4n) is 5.42. The van der Waals surface area contributed by atoms with Crippen molar-refractivity contribution in [2.75, 3.05) is 33.3 Å². The molecule has 1 aliphatic heterocycles. The predicted molar refractivity (Wildman–Crippen MR) is 147 cm³/mol. The van der Waals surface area contributed by atoms with Gasteiger partial charge in [0.05, 0.1) is 34.3 Å². The van der Waals surface area contributed by atoms with Crippen LogP contribution in [-0.4, -0.2) is 71.0 Å². The molecule has 11 heteroatoms. The highest BCUT2D eigenvalue weighted by molar-refractivity contribution is 6.02. The van der Waals surface area contributed by atoms with E-state index in [-0.39, 0.29) is 34.4 Å². The van der Waals surface area contributed by atoms with Gasteiger partial charge in [-0.2, -0.15) is 0 Å². The first-order chi connectivity index (χ1) is 19.2. The summed E-state index contributed by atoms with van der Waals surface area (Å²) in [5.74, 6) is -1.74. The van der Waals surface area contributed by atoms with Crippen LogP contribution in [0.15, 0.2) is 60.8 Å². The molecule has 0 saturated carbocycles. The molecule has 0 spiro atoms. The lowest BCUT2D eigenvalue weighted by Gasteiger charge is -2.43. The zero-order chi connectivity index (χ0) is 28.7. The summed E-state index contributed by atoms with van der Waals surface area (Å²) in [5, 5.41) is 23.2. The third-order valence-corrected chi connectivity index (χ3v) is 7.70. The molecule has 0 bridgehead atoms. The van der Waals surface area contributed by atoms with Crippen LogP contribution < -0.4 is 5.32 Å². The molecule has 1 amide bonds. The van der Waals surface area contributed by atoms with Crippen LogP contribution >= 0.6 is 0 Å². The summed E-state index contributed by atoms with van der Waals surface area (Å²) in [5.41, 5.74) is -0.00860. The standard InChI is InChI=1S/C29H32N4O7/c1-40-28(37)29(22-6-3-2-4-7-22)12-16-32(17-13-29)15-5-14-30-26(34)24-18-21(27(35)36)19-31-25(24)20-8-10-23(11-9-20)33(38)39/h2-4,6,8-11,18-19,22H,5,7,12-17H2,1H3,(H,30,34)(H,35,36). The number of non-ortho nitro benzene ring substituents is 1. The second-order valence-corrected chi connectivity index (χ2v) is 9.98. The number of allylic oxidation sites excluding steroid dienone is 4. The summed E-state index contributed by atoms with van der Waals surface area (Å²) >= 11 is 0. The number of piperidine rings is 1. The summed E-state index contributed by atoms with van der Waals surface area (Å²) < 4.78 is 5.19. The Hall–Kier alpha value is -4.38. The van der Waals surface area contributed by atoms with E-state index in [0.717, 1.165) is 32.3 Å². The highest BCUT2D eigenvalue weighted by Crippen LogP contribution is 2.43. The smallest absolute Gasteiger partial charge is 0.337 e. The molecule has 1 atom stereocenters. The van der Waals surface area contributed by atoms with E-state index in [1.54, 1.807) is 0 Å². The molecule has 4 rings (SSSR count). The van der Waals surface area contributed by atoms with Gasteiger partial charge in [-0.3, -0.25) is 24.7 Å². The Kier molecular flexibility index (Phi) is 9.05. The number of esters is 1. The van der Waals surface area contributed by atoms with Crippen molar-refractivity contribution < 1.29 is 29.2 Å². The molecule has 1 fully saturated rings. The van der Waals surface area contributed by atoms with Crippen molar-refractivity contribution in [2.45, 2.75) is 25.7 Å². The number of amides is 1. The van der Waals surface area contributed by atoms with Crippen molar-refractivity contribution in [3.8, 4) is 11.3 Å². The lowest BCUT2D eigenvalue weighted by atomic mass is 9.66. The minimum absolute atomic E-state index is 0.0733. The first-order valence-corrected chi connectivity index (χ1v) is 13.2. The number of pyridine rings is 1. The van der Waals surface area contributed by atoms with Crippen LogP contribution in [-0.2, 0) is 9.53 Å². The molecular formula is C29H32N4O7. The number of aromatic carboxylic acids is 1. The maximum absolute atomic E-state index is 13.1. The number of carboxylic acids is 1. The van der Waals surface area contributed by atoms with Gasteiger partial charge in [0.15, 0.2) is 0 Å². The van der Waals surface area contributed by atoms with Gasteiger partial charge in [-0.05, 0) is 69.4 Å². The van der Waals surface area contributed by atoms with Crippen molar-refractivity contribution >= 4 is 23.5 Å². The molecule has 1 unspecified atom stereocenters. The molecule has 2 N–H and O–H groups in total. The number of aromatic nitrogens is 1. The first kappa shape index (κ1) is 28.6. The number of carbonyl (C=O) groups is 3. The van der Waals surface area contributed by atoms with E-state index in [4.69, 9.17) is 4.74 Å². The number of hydrogen-bond acceptors (Lipinski definition) is 8. The van der Waals surface area contributed by atoms with Gasteiger partial charge in [0.2, 0.25) is 0 Å². The van der Waals surface area contributed by atoms with Crippen molar-refractivity contribution in [2.24, 2.45) is 11.3 Å². The third kappa shape index (κ3) is 6.26. The van der Waals surface area contributed by atoms with Gasteiger partial charge in [0, 0.05) is 30.4 Å². The average Bonchev–Trinajstić information content (AvgIpc) is 2.99. The molecule has 0 radical (unpaired) electrons. The van der Waals surface area contributed by atoms with Crippen LogP contribution in [0.3, 0.4) is 0 Å². The summed E-state index contributed by atoms with van der Waals surface area (Å²) in [6.07, 6.45) is 12.2. The SMILES string of the molecule is COC(=O)C1(C2C=CC=CC2)CCN(CCCNC(=O)c2cc(C(=O)O)cnc2-c2ccc([N+](=O)[O-])cc2)CC1. The van der Waals surface area contributed by atoms with Gasteiger partial charge >= 0.3 is 11.9 Å². The van der Waals surface area contributed by atoms with Crippen LogP contribution in [0, 0.1) is 21.4 Å². The highest BCUT2D eigenvalue weighted by atomic mass is 16.6. The van der Waals surface area contributed by atoms with Crippen molar-refractivity contribution in [3.63, 3.8) is 0 Å². The lowest BCUT2D eigenvalue weighted by Crippen LogP contribution is -2.49. The molecule has 1 aromatic carbocycles. The fraction of sp³-hybridized carbons (Fsp3) is 0.379. The Balaban J connectivity index is 1.36. The van der Waals surface area contributed by atoms with Crippen LogP contribution in [0.25, 0.3) is 11.3 Å². The number of rotatable bonds is 10. The lowest BCUT2D eigenvalue weighted by molar-refractivity contribution is -0.384. The molecule has 2 aliphatic rings. The number of nitro benzene ring substituents is 1. The number of ether oxygens (including phenoxy) is 1. The maximum atomic E-state index is 13.1. The summed E-state index contributed by atoms with van der Waals surface area (Å²) in [6, 6.07) is 6.81. The topological polar surface area (TPSA) is 152 Å². The second-order valence-electron chi connectivity index (χ2n) is 9.98. The number of carbonyl (C=O) groups excluding carboxylic acids is 2. The zero-order valence-electron chi connectivity index (χ0n) is 22.2. The van der Waals surface area contributed by atoms with Crippen LogP contribution in [0.4, 0.5) is 5.69 Å². The van der Waals surface area contributed by atoms with Gasteiger partial charge in [0.25, 0.3) is 11.6 Å². The second kappa shape index (κ2) is 12.6. The van der Waals surface area contributed by atoms with Crippen molar-refractivity contribution in [1.82, 2.24) is 15.2 Å². The number of hydrogen-bond donors (Lipinski definition) is 2. The quantitative estimate of drug-likeness (QED) is 0.195. The molecule has 2 aromatic rings. The van der Waals surface area contributed by atoms with E-state index >= 15 is 0 Å². The van der Waals surface area contributed by atoms with E-state index in [1.807, 2.05) is 12.2 Å².